The smallest absolute Gasteiger partial charge is 0.325 e. The van der Waals surface area contributed by atoms with Crippen LogP contribution in [0.5, 0.6) is 0 Å². The van der Waals surface area contributed by atoms with Crippen LogP contribution in [-0.2, 0) is 14.3 Å². The van der Waals surface area contributed by atoms with E-state index in [1.165, 1.54) is 18.2 Å². The summed E-state index contributed by atoms with van der Waals surface area (Å²) in [7, 11) is 0. The van der Waals surface area contributed by atoms with Crippen molar-refractivity contribution >= 4 is 29.4 Å². The van der Waals surface area contributed by atoms with Gasteiger partial charge in [-0.05, 0) is 37.1 Å². The average Bonchev–Trinajstić information content (AvgIpc) is 3.29. The van der Waals surface area contributed by atoms with Crippen molar-refractivity contribution in [2.24, 2.45) is 0 Å². The summed E-state index contributed by atoms with van der Waals surface area (Å²) in [6.07, 6.45) is 4.03. The van der Waals surface area contributed by atoms with Gasteiger partial charge in [0, 0.05) is 6.04 Å². The van der Waals surface area contributed by atoms with Crippen molar-refractivity contribution < 1.29 is 28.3 Å². The number of hydrogen-bond donors (Lipinski definition) is 3. The summed E-state index contributed by atoms with van der Waals surface area (Å²) in [5, 5.41) is 7.75. The first-order chi connectivity index (χ1) is 15.4. The molecule has 3 rings (SSSR count). The molecule has 0 unspecified atom stereocenters. The van der Waals surface area contributed by atoms with Crippen molar-refractivity contribution in [3.05, 3.63) is 65.5 Å². The highest BCUT2D eigenvalue weighted by Crippen LogP contribution is 2.20. The van der Waals surface area contributed by atoms with Crippen LogP contribution in [0.3, 0.4) is 0 Å². The van der Waals surface area contributed by atoms with Gasteiger partial charge in [0.1, 0.15) is 12.4 Å². The molecule has 0 bridgehead atoms. The van der Waals surface area contributed by atoms with Crippen molar-refractivity contribution in [3.8, 4) is 0 Å². The predicted molar refractivity (Wildman–Crippen MR) is 114 cm³/mol. The quantitative estimate of drug-likeness (QED) is 0.545. The normalized spacial score (nSPS) is 13.3. The van der Waals surface area contributed by atoms with Crippen LogP contribution in [0.2, 0.25) is 0 Å². The number of carbonyl (C=O) groups excluding carboxylic acids is 4. The number of ether oxygens (including phenoxy) is 1. The minimum absolute atomic E-state index is 0.131. The second-order valence-corrected chi connectivity index (χ2v) is 7.37. The minimum Gasteiger partial charge on any atom is -0.454 e. The van der Waals surface area contributed by atoms with E-state index in [0.29, 0.717) is 11.3 Å². The summed E-state index contributed by atoms with van der Waals surface area (Å²) >= 11 is 0. The third-order valence-corrected chi connectivity index (χ3v) is 5.01. The zero-order chi connectivity index (χ0) is 22.9. The predicted octanol–water partition coefficient (Wildman–Crippen LogP) is 2.41. The van der Waals surface area contributed by atoms with Crippen LogP contribution in [0.1, 0.15) is 46.4 Å². The fraction of sp³-hybridized carbons (Fsp3) is 0.304. The molecule has 3 amide bonds. The number of nitrogens with one attached hydrogen (secondary N) is 3. The number of carbonyl (C=O) groups is 4. The summed E-state index contributed by atoms with van der Waals surface area (Å²) in [5.41, 5.74) is 0.415. The van der Waals surface area contributed by atoms with Crippen LogP contribution in [0.4, 0.5) is 10.1 Å². The molecule has 1 fully saturated rings. The lowest BCUT2D eigenvalue weighted by atomic mass is 10.1. The van der Waals surface area contributed by atoms with E-state index in [9.17, 15) is 23.6 Å². The number of anilines is 1. The Morgan fingerprint density at radius 2 is 1.56 bits per heavy atom. The van der Waals surface area contributed by atoms with Gasteiger partial charge in [-0.15, -0.1) is 0 Å². The second-order valence-electron chi connectivity index (χ2n) is 7.37. The lowest BCUT2D eigenvalue weighted by Gasteiger charge is -2.15. The molecule has 2 aromatic carbocycles. The van der Waals surface area contributed by atoms with E-state index in [2.05, 4.69) is 16.0 Å². The van der Waals surface area contributed by atoms with Gasteiger partial charge >= 0.3 is 5.97 Å². The fourth-order valence-electron chi connectivity index (χ4n) is 3.40. The van der Waals surface area contributed by atoms with Crippen molar-refractivity contribution in [2.45, 2.75) is 31.7 Å². The highest BCUT2D eigenvalue weighted by Gasteiger charge is 2.20. The summed E-state index contributed by atoms with van der Waals surface area (Å²) in [5.74, 6) is -3.27. The molecule has 9 heteroatoms. The molecule has 2 aromatic rings. The Kier molecular flexibility index (Phi) is 7.91. The van der Waals surface area contributed by atoms with Gasteiger partial charge in [0.25, 0.3) is 17.7 Å². The number of halogens is 1. The van der Waals surface area contributed by atoms with Gasteiger partial charge in [0.05, 0.1) is 16.8 Å². The molecule has 1 aliphatic carbocycles. The van der Waals surface area contributed by atoms with Gasteiger partial charge in [-0.25, -0.2) is 4.39 Å². The molecule has 1 saturated carbocycles. The Morgan fingerprint density at radius 1 is 0.906 bits per heavy atom. The molecule has 0 atom stereocenters. The molecule has 0 aromatic heterocycles. The molecule has 8 nitrogen and oxygen atoms in total. The first-order valence-electron chi connectivity index (χ1n) is 10.3. The van der Waals surface area contributed by atoms with Crippen molar-refractivity contribution in [1.82, 2.24) is 10.6 Å². The number of esters is 1. The highest BCUT2D eigenvalue weighted by molar-refractivity contribution is 6.04. The van der Waals surface area contributed by atoms with Crippen LogP contribution in [0.25, 0.3) is 0 Å². The number of rotatable bonds is 8. The van der Waals surface area contributed by atoms with Crippen LogP contribution < -0.4 is 16.0 Å². The van der Waals surface area contributed by atoms with Gasteiger partial charge < -0.3 is 20.7 Å². The molecule has 1 aliphatic rings. The largest absolute Gasteiger partial charge is 0.454 e. The Balaban J connectivity index is 1.46. The molecule has 32 heavy (non-hydrogen) atoms. The van der Waals surface area contributed by atoms with E-state index < -0.39 is 36.8 Å². The summed E-state index contributed by atoms with van der Waals surface area (Å²) in [6, 6.07) is 12.0. The van der Waals surface area contributed by atoms with E-state index in [1.54, 1.807) is 24.3 Å². The molecule has 0 aliphatic heterocycles. The zero-order valence-electron chi connectivity index (χ0n) is 17.4. The van der Waals surface area contributed by atoms with E-state index in [0.717, 1.165) is 31.7 Å². The van der Waals surface area contributed by atoms with E-state index in [4.69, 9.17) is 4.74 Å². The SMILES string of the molecule is O=C(COC(=O)CNC(=O)c1ccccc1F)Nc1ccccc1C(=O)NC1CCCC1. The third kappa shape index (κ3) is 6.37. The number of para-hydroxylation sites is 1. The van der Waals surface area contributed by atoms with Gasteiger partial charge in [-0.2, -0.15) is 0 Å². The van der Waals surface area contributed by atoms with Crippen LogP contribution >= 0.6 is 0 Å². The average molecular weight is 441 g/mol. The molecule has 0 radical (unpaired) electrons. The summed E-state index contributed by atoms with van der Waals surface area (Å²) in [6.45, 7) is -1.13. The standard InChI is InChI=1S/C23H24FN3O5/c24-18-11-5-3-9-16(18)22(30)25-13-21(29)32-14-20(28)27-19-12-6-4-10-17(19)23(31)26-15-7-1-2-8-15/h3-6,9-12,15H,1-2,7-8,13-14H2,(H,25,30)(H,26,31)(H,27,28). The second kappa shape index (κ2) is 11.0. The molecule has 0 saturated heterocycles. The molecular formula is C23H24FN3O5. The summed E-state index contributed by atoms with van der Waals surface area (Å²) < 4.78 is 18.4. The molecule has 3 N–H and O–H groups in total. The number of hydrogen-bond acceptors (Lipinski definition) is 5. The van der Waals surface area contributed by atoms with Crippen molar-refractivity contribution in [3.63, 3.8) is 0 Å². The molecule has 0 heterocycles. The van der Waals surface area contributed by atoms with E-state index in [1.807, 2.05) is 0 Å². The lowest BCUT2D eigenvalue weighted by Crippen LogP contribution is -2.34. The number of benzene rings is 2. The Bertz CT molecular complexity index is 1000. The first-order valence-corrected chi connectivity index (χ1v) is 10.3. The van der Waals surface area contributed by atoms with Crippen LogP contribution in [0, 0.1) is 5.82 Å². The Morgan fingerprint density at radius 3 is 2.28 bits per heavy atom. The molecular weight excluding hydrogens is 417 g/mol. The lowest BCUT2D eigenvalue weighted by molar-refractivity contribution is -0.146. The third-order valence-electron chi connectivity index (χ3n) is 5.01. The number of amides is 3. The van der Waals surface area contributed by atoms with Crippen molar-refractivity contribution in [1.29, 1.82) is 0 Å². The first kappa shape index (κ1) is 22.9. The van der Waals surface area contributed by atoms with Gasteiger partial charge in [-0.3, -0.25) is 19.2 Å². The Labute approximate surface area is 184 Å². The summed E-state index contributed by atoms with van der Waals surface area (Å²) in [4.78, 5) is 48.4. The zero-order valence-corrected chi connectivity index (χ0v) is 17.4. The fourth-order valence-corrected chi connectivity index (χ4v) is 3.40. The van der Waals surface area contributed by atoms with Crippen LogP contribution in [-0.4, -0.2) is 42.9 Å². The monoisotopic (exact) mass is 441 g/mol. The van der Waals surface area contributed by atoms with Crippen molar-refractivity contribution in [2.75, 3.05) is 18.5 Å². The molecule has 0 spiro atoms. The maximum atomic E-state index is 13.6. The van der Waals surface area contributed by atoms with Gasteiger partial charge in [0.2, 0.25) is 0 Å². The topological polar surface area (TPSA) is 114 Å². The van der Waals surface area contributed by atoms with E-state index >= 15 is 0 Å². The maximum absolute atomic E-state index is 13.6. The maximum Gasteiger partial charge on any atom is 0.325 e. The highest BCUT2D eigenvalue weighted by atomic mass is 19.1. The van der Waals surface area contributed by atoms with Gasteiger partial charge in [0.15, 0.2) is 6.61 Å². The van der Waals surface area contributed by atoms with Crippen LogP contribution in [0.15, 0.2) is 48.5 Å². The Hall–Kier alpha value is -3.75. The van der Waals surface area contributed by atoms with Gasteiger partial charge in [-0.1, -0.05) is 37.1 Å². The molecule has 168 valence electrons. The van der Waals surface area contributed by atoms with E-state index in [-0.39, 0.29) is 17.5 Å². The minimum atomic E-state index is -0.864.